The molecule has 3 rings (SSSR count). The van der Waals surface area contributed by atoms with E-state index < -0.39 is 11.7 Å². The molecule has 3 atom stereocenters. The predicted octanol–water partition coefficient (Wildman–Crippen LogP) is 7.44. The van der Waals surface area contributed by atoms with E-state index in [1.807, 2.05) is 0 Å². The van der Waals surface area contributed by atoms with Crippen LogP contribution >= 0.6 is 0 Å². The van der Waals surface area contributed by atoms with Crippen molar-refractivity contribution in [3.63, 3.8) is 0 Å². The van der Waals surface area contributed by atoms with Crippen LogP contribution in [0.4, 0.5) is 0 Å². The van der Waals surface area contributed by atoms with E-state index in [0.717, 1.165) is 69.6 Å². The first kappa shape index (κ1) is 31.8. The Balaban J connectivity index is 1.40. The lowest BCUT2D eigenvalue weighted by atomic mass is 9.86. The minimum Gasteiger partial charge on any atom is -0.390 e. The summed E-state index contributed by atoms with van der Waals surface area (Å²) in [5.74, 6) is 0.818. The van der Waals surface area contributed by atoms with Gasteiger partial charge in [-0.25, -0.2) is 0 Å². The molecule has 1 aliphatic heterocycles. The largest absolute Gasteiger partial charge is 0.390 e. The third kappa shape index (κ3) is 11.0. The van der Waals surface area contributed by atoms with Crippen molar-refractivity contribution in [2.24, 2.45) is 5.92 Å². The molecule has 39 heavy (non-hydrogen) atoms. The van der Waals surface area contributed by atoms with Crippen LogP contribution in [0.1, 0.15) is 126 Å². The number of rotatable bonds is 20. The molecule has 1 fully saturated rings. The zero-order valence-electron chi connectivity index (χ0n) is 25.1. The lowest BCUT2D eigenvalue weighted by molar-refractivity contribution is 0.0141. The molecule has 0 amide bonds. The second-order valence-corrected chi connectivity index (χ2v) is 12.0. The molecule has 2 aromatic carbocycles. The Morgan fingerprint density at radius 2 is 1.56 bits per heavy atom. The van der Waals surface area contributed by atoms with Gasteiger partial charge in [-0.1, -0.05) is 101 Å². The number of aryl methyl sites for hydroxylation is 2. The summed E-state index contributed by atoms with van der Waals surface area (Å²) in [6.45, 7) is 9.35. The van der Waals surface area contributed by atoms with Crippen molar-refractivity contribution in [3.05, 3.63) is 70.8 Å². The van der Waals surface area contributed by atoms with Crippen molar-refractivity contribution in [2.45, 2.75) is 122 Å². The van der Waals surface area contributed by atoms with E-state index in [2.05, 4.69) is 79.9 Å². The van der Waals surface area contributed by atoms with Gasteiger partial charge in [0.25, 0.3) is 0 Å². The van der Waals surface area contributed by atoms with E-state index in [4.69, 9.17) is 0 Å². The van der Waals surface area contributed by atoms with Gasteiger partial charge in [0.15, 0.2) is 0 Å². The number of hydrogen-bond donors (Lipinski definition) is 4. The number of nitrogens with one attached hydrogen (secondary N) is 2. The molecule has 1 aliphatic rings. The highest BCUT2D eigenvalue weighted by Crippen LogP contribution is 2.27. The monoisotopic (exact) mass is 536 g/mol. The van der Waals surface area contributed by atoms with Crippen molar-refractivity contribution in [1.82, 2.24) is 10.6 Å². The number of benzene rings is 2. The Labute approximate surface area is 239 Å². The Kier molecular flexibility index (Phi) is 14.0. The molecule has 3 unspecified atom stereocenters. The van der Waals surface area contributed by atoms with E-state index in [1.54, 1.807) is 0 Å². The van der Waals surface area contributed by atoms with Gasteiger partial charge in [0.05, 0.1) is 11.7 Å². The van der Waals surface area contributed by atoms with Gasteiger partial charge in [-0.15, -0.1) is 0 Å². The summed E-state index contributed by atoms with van der Waals surface area (Å²) < 4.78 is 0. The second kappa shape index (κ2) is 17.2. The fourth-order valence-corrected chi connectivity index (χ4v) is 6.18. The molecule has 218 valence electrons. The van der Waals surface area contributed by atoms with Crippen LogP contribution in [-0.2, 0) is 12.8 Å². The molecule has 0 radical (unpaired) electrons. The average molecular weight is 537 g/mol. The molecule has 1 saturated heterocycles. The third-order valence-electron chi connectivity index (χ3n) is 8.70. The highest BCUT2D eigenvalue weighted by atomic mass is 16.3. The predicted molar refractivity (Wildman–Crippen MR) is 165 cm³/mol. The number of aliphatic hydroxyl groups excluding tert-OH is 1. The Hall–Kier alpha value is -1.72. The van der Waals surface area contributed by atoms with E-state index >= 15 is 0 Å². The Bertz CT molecular complexity index is 938. The minimum atomic E-state index is -0.646. The lowest BCUT2D eigenvalue weighted by Crippen LogP contribution is -2.35. The van der Waals surface area contributed by atoms with Gasteiger partial charge in [-0.2, -0.15) is 0 Å². The van der Waals surface area contributed by atoms with Crippen molar-refractivity contribution >= 4 is 0 Å². The van der Waals surface area contributed by atoms with E-state index in [1.165, 1.54) is 55.2 Å². The smallest absolute Gasteiger partial charge is 0.0802 e. The maximum absolute atomic E-state index is 11.4. The van der Waals surface area contributed by atoms with Crippen LogP contribution in [0.15, 0.2) is 48.5 Å². The fourth-order valence-electron chi connectivity index (χ4n) is 6.18. The molecular formula is C35H56N2O2. The summed E-state index contributed by atoms with van der Waals surface area (Å²) in [5, 5.41) is 29.2. The molecule has 4 N–H and O–H groups in total. The minimum absolute atomic E-state index is 0.452. The number of hydrogen-bond acceptors (Lipinski definition) is 4. The molecule has 4 nitrogen and oxygen atoms in total. The summed E-state index contributed by atoms with van der Waals surface area (Å²) in [6.07, 6.45) is 13.2. The molecule has 2 aromatic rings. The van der Waals surface area contributed by atoms with Crippen LogP contribution in [0.3, 0.4) is 0 Å². The van der Waals surface area contributed by atoms with Gasteiger partial charge >= 0.3 is 0 Å². The van der Waals surface area contributed by atoms with Gasteiger partial charge in [0, 0.05) is 6.04 Å². The lowest BCUT2D eigenvalue weighted by Gasteiger charge is -2.30. The maximum atomic E-state index is 11.4. The van der Waals surface area contributed by atoms with Crippen LogP contribution in [0, 0.1) is 5.92 Å². The topological polar surface area (TPSA) is 64.5 Å². The van der Waals surface area contributed by atoms with Crippen LogP contribution in [0.2, 0.25) is 0 Å². The van der Waals surface area contributed by atoms with Crippen molar-refractivity contribution < 1.29 is 10.2 Å². The number of aliphatic hydroxyl groups is 2. The van der Waals surface area contributed by atoms with Crippen molar-refractivity contribution in [2.75, 3.05) is 19.6 Å². The first-order valence-corrected chi connectivity index (χ1v) is 16.0. The maximum Gasteiger partial charge on any atom is 0.0802 e. The van der Waals surface area contributed by atoms with Crippen LogP contribution in [-0.4, -0.2) is 35.4 Å². The van der Waals surface area contributed by atoms with E-state index in [-0.39, 0.29) is 0 Å². The van der Waals surface area contributed by atoms with Crippen molar-refractivity contribution in [1.29, 1.82) is 0 Å². The standard InChI is InChI=1S/C35H56N2O2/c1-4-9-28(10-5-2)15-16-29-11-8-14-32(27-29)34(38)19-23-36-25-22-35(39,20-6-3)21-17-30-12-7-13-31(26-30)33-18-24-37-33/h7-8,11-14,26-28,33-34,36-39H,4-6,9-10,15-25H2,1-3H3. The zero-order chi connectivity index (χ0) is 27.9. The first-order valence-electron chi connectivity index (χ1n) is 16.0. The summed E-state index contributed by atoms with van der Waals surface area (Å²) in [5.41, 5.74) is 4.42. The van der Waals surface area contributed by atoms with Crippen LogP contribution in [0.25, 0.3) is 0 Å². The summed E-state index contributed by atoms with van der Waals surface area (Å²) in [4.78, 5) is 0. The Morgan fingerprint density at radius 3 is 2.23 bits per heavy atom. The molecule has 1 heterocycles. The summed E-state index contributed by atoms with van der Waals surface area (Å²) >= 11 is 0. The highest BCUT2D eigenvalue weighted by molar-refractivity contribution is 5.28. The first-order chi connectivity index (χ1) is 19.0. The second-order valence-electron chi connectivity index (χ2n) is 12.0. The highest BCUT2D eigenvalue weighted by Gasteiger charge is 2.25. The SMILES string of the molecule is CCCC(CCC)CCc1cccc(C(O)CCNCCC(O)(CCC)CCc2cccc(C3CCN3)c2)c1. The van der Waals surface area contributed by atoms with E-state index in [9.17, 15) is 10.2 Å². The molecule has 4 heteroatoms. The fraction of sp³-hybridized carbons (Fsp3) is 0.657. The molecule has 0 spiro atoms. The third-order valence-corrected chi connectivity index (χ3v) is 8.70. The Morgan fingerprint density at radius 1 is 0.846 bits per heavy atom. The quantitative estimate of drug-likeness (QED) is 0.133. The van der Waals surface area contributed by atoms with Gasteiger partial charge in [0.2, 0.25) is 0 Å². The molecule has 0 saturated carbocycles. The summed E-state index contributed by atoms with van der Waals surface area (Å²) in [7, 11) is 0. The summed E-state index contributed by atoms with van der Waals surface area (Å²) in [6, 6.07) is 17.9. The molecule has 0 bridgehead atoms. The van der Waals surface area contributed by atoms with Crippen molar-refractivity contribution in [3.8, 4) is 0 Å². The molecule has 0 aliphatic carbocycles. The van der Waals surface area contributed by atoms with E-state index in [0.29, 0.717) is 12.5 Å². The zero-order valence-corrected chi connectivity index (χ0v) is 25.1. The van der Waals surface area contributed by atoms with Crippen LogP contribution in [0.5, 0.6) is 0 Å². The van der Waals surface area contributed by atoms with Gasteiger partial charge in [-0.05, 0) is 99.2 Å². The molecule has 0 aromatic heterocycles. The van der Waals surface area contributed by atoms with Crippen LogP contribution < -0.4 is 10.6 Å². The van der Waals surface area contributed by atoms with Gasteiger partial charge < -0.3 is 20.8 Å². The average Bonchev–Trinajstić information content (AvgIpc) is 2.90. The normalized spacial score (nSPS) is 17.6. The van der Waals surface area contributed by atoms with Gasteiger partial charge in [-0.3, -0.25) is 0 Å². The van der Waals surface area contributed by atoms with Gasteiger partial charge in [0.1, 0.15) is 0 Å². The molecular weight excluding hydrogens is 480 g/mol.